The summed E-state index contributed by atoms with van der Waals surface area (Å²) in [6.45, 7) is 2.23. The molecule has 0 fully saturated rings. The Balaban J connectivity index is 1.78. The number of aryl methyl sites for hydroxylation is 1. The molecule has 1 aliphatic carbocycles. The molecule has 0 saturated carbocycles. The smallest absolute Gasteiger partial charge is 0.119 e. The number of benzene rings is 2. The molecule has 0 aliphatic heterocycles. The van der Waals surface area contributed by atoms with Crippen LogP contribution in [0.3, 0.4) is 0 Å². The van der Waals surface area contributed by atoms with Crippen LogP contribution < -0.4 is 10.1 Å². The van der Waals surface area contributed by atoms with Gasteiger partial charge in [0.2, 0.25) is 0 Å². The van der Waals surface area contributed by atoms with Gasteiger partial charge in [0.1, 0.15) is 5.75 Å². The molecule has 104 valence electrons. The first kappa shape index (κ1) is 13.2. The highest BCUT2D eigenvalue weighted by molar-refractivity contribution is 5.41. The normalized spacial score (nSPS) is 18.6. The zero-order valence-corrected chi connectivity index (χ0v) is 12.1. The third-order valence-electron chi connectivity index (χ3n) is 4.18. The van der Waals surface area contributed by atoms with E-state index in [0.717, 1.165) is 12.2 Å². The van der Waals surface area contributed by atoms with Gasteiger partial charge in [-0.1, -0.05) is 36.4 Å². The van der Waals surface area contributed by atoms with Crippen LogP contribution in [0.4, 0.5) is 0 Å². The Bertz CT molecular complexity index is 579. The molecule has 1 aliphatic rings. The molecule has 1 N–H and O–H groups in total. The lowest BCUT2D eigenvalue weighted by molar-refractivity contribution is 0.412. The standard InChI is InChI=1S/C18H21NO/c1-13(14-6-4-3-5-7-14)19-18-11-9-15-8-10-16(20-2)12-17(15)18/h3-8,10,12-13,18-19H,9,11H2,1-2H3. The monoisotopic (exact) mass is 267 g/mol. The van der Waals surface area contributed by atoms with Crippen molar-refractivity contribution in [2.75, 3.05) is 7.11 Å². The highest BCUT2D eigenvalue weighted by Gasteiger charge is 2.24. The second-order valence-corrected chi connectivity index (χ2v) is 5.46. The van der Waals surface area contributed by atoms with Crippen LogP contribution in [0, 0.1) is 0 Å². The Morgan fingerprint density at radius 1 is 1.15 bits per heavy atom. The molecule has 2 atom stereocenters. The summed E-state index contributed by atoms with van der Waals surface area (Å²) < 4.78 is 5.35. The predicted molar refractivity (Wildman–Crippen MR) is 82.0 cm³/mol. The summed E-state index contributed by atoms with van der Waals surface area (Å²) in [4.78, 5) is 0. The van der Waals surface area contributed by atoms with Crippen LogP contribution in [-0.2, 0) is 6.42 Å². The van der Waals surface area contributed by atoms with Crippen molar-refractivity contribution >= 4 is 0 Å². The molecule has 0 amide bonds. The first-order valence-corrected chi connectivity index (χ1v) is 7.25. The molecule has 2 aromatic rings. The van der Waals surface area contributed by atoms with Gasteiger partial charge in [0, 0.05) is 12.1 Å². The fourth-order valence-corrected chi connectivity index (χ4v) is 3.02. The van der Waals surface area contributed by atoms with E-state index in [1.54, 1.807) is 7.11 Å². The molecule has 2 nitrogen and oxygen atoms in total. The first-order valence-electron chi connectivity index (χ1n) is 7.25. The summed E-state index contributed by atoms with van der Waals surface area (Å²) >= 11 is 0. The van der Waals surface area contributed by atoms with E-state index < -0.39 is 0 Å². The Kier molecular flexibility index (Phi) is 3.75. The lowest BCUT2D eigenvalue weighted by Crippen LogP contribution is -2.22. The zero-order chi connectivity index (χ0) is 13.9. The van der Waals surface area contributed by atoms with Gasteiger partial charge in [-0.3, -0.25) is 0 Å². The molecule has 0 bridgehead atoms. The van der Waals surface area contributed by atoms with Gasteiger partial charge >= 0.3 is 0 Å². The van der Waals surface area contributed by atoms with Gasteiger partial charge in [0.15, 0.2) is 0 Å². The summed E-state index contributed by atoms with van der Waals surface area (Å²) in [6, 6.07) is 17.8. The van der Waals surface area contributed by atoms with Crippen LogP contribution in [0.15, 0.2) is 48.5 Å². The van der Waals surface area contributed by atoms with Gasteiger partial charge in [-0.25, -0.2) is 0 Å². The molecule has 0 spiro atoms. The maximum atomic E-state index is 5.35. The Hall–Kier alpha value is -1.80. The van der Waals surface area contributed by atoms with E-state index in [0.29, 0.717) is 12.1 Å². The average Bonchev–Trinajstić information content (AvgIpc) is 2.90. The van der Waals surface area contributed by atoms with Gasteiger partial charge < -0.3 is 10.1 Å². The SMILES string of the molecule is COc1ccc2c(c1)C(NC(C)c1ccccc1)CC2. The second-order valence-electron chi connectivity index (χ2n) is 5.46. The summed E-state index contributed by atoms with van der Waals surface area (Å²) in [5.74, 6) is 0.949. The number of rotatable bonds is 4. The van der Waals surface area contributed by atoms with Crippen molar-refractivity contribution in [3.63, 3.8) is 0 Å². The first-order chi connectivity index (χ1) is 9.78. The minimum Gasteiger partial charge on any atom is -0.497 e. The van der Waals surface area contributed by atoms with Crippen molar-refractivity contribution in [1.29, 1.82) is 0 Å². The molecule has 0 saturated heterocycles. The van der Waals surface area contributed by atoms with Crippen molar-refractivity contribution in [3.8, 4) is 5.75 Å². The number of hydrogen-bond donors (Lipinski definition) is 1. The summed E-state index contributed by atoms with van der Waals surface area (Å²) in [5, 5.41) is 3.75. The van der Waals surface area contributed by atoms with Gasteiger partial charge in [-0.2, -0.15) is 0 Å². The molecule has 2 unspecified atom stereocenters. The van der Waals surface area contributed by atoms with E-state index >= 15 is 0 Å². The third-order valence-corrected chi connectivity index (χ3v) is 4.18. The van der Waals surface area contributed by atoms with Gasteiger partial charge in [0.25, 0.3) is 0 Å². The van der Waals surface area contributed by atoms with E-state index in [-0.39, 0.29) is 0 Å². The van der Waals surface area contributed by atoms with Crippen LogP contribution in [0.5, 0.6) is 5.75 Å². The number of fused-ring (bicyclic) bond motifs is 1. The molecular formula is C18H21NO. The Morgan fingerprint density at radius 3 is 2.70 bits per heavy atom. The molecular weight excluding hydrogens is 246 g/mol. The Labute approximate surface area is 120 Å². The third kappa shape index (κ3) is 2.56. The topological polar surface area (TPSA) is 21.3 Å². The largest absolute Gasteiger partial charge is 0.497 e. The van der Waals surface area contributed by atoms with Crippen molar-refractivity contribution in [1.82, 2.24) is 5.32 Å². The second kappa shape index (κ2) is 5.68. The molecule has 2 aromatic carbocycles. The summed E-state index contributed by atoms with van der Waals surface area (Å²) in [7, 11) is 1.73. The molecule has 3 rings (SSSR count). The van der Waals surface area contributed by atoms with Crippen LogP contribution in [0.25, 0.3) is 0 Å². The summed E-state index contributed by atoms with van der Waals surface area (Å²) in [5.41, 5.74) is 4.18. The van der Waals surface area contributed by atoms with E-state index in [1.165, 1.54) is 23.1 Å². The lowest BCUT2D eigenvalue weighted by Gasteiger charge is -2.21. The summed E-state index contributed by atoms with van der Waals surface area (Å²) in [6.07, 6.45) is 2.32. The molecule has 0 aromatic heterocycles. The van der Waals surface area contributed by atoms with Gasteiger partial charge in [-0.15, -0.1) is 0 Å². The van der Waals surface area contributed by atoms with Crippen LogP contribution in [0.2, 0.25) is 0 Å². The van der Waals surface area contributed by atoms with Crippen molar-refractivity contribution < 1.29 is 4.74 Å². The van der Waals surface area contributed by atoms with E-state index in [4.69, 9.17) is 4.74 Å². The molecule has 2 heteroatoms. The molecule has 20 heavy (non-hydrogen) atoms. The highest BCUT2D eigenvalue weighted by Crippen LogP contribution is 2.35. The van der Waals surface area contributed by atoms with E-state index in [9.17, 15) is 0 Å². The minimum absolute atomic E-state index is 0.360. The maximum Gasteiger partial charge on any atom is 0.119 e. The number of methoxy groups -OCH3 is 1. The van der Waals surface area contributed by atoms with Crippen LogP contribution >= 0.6 is 0 Å². The molecule has 0 heterocycles. The lowest BCUT2D eigenvalue weighted by atomic mass is 10.0. The van der Waals surface area contributed by atoms with Crippen molar-refractivity contribution in [2.45, 2.75) is 31.8 Å². The number of hydrogen-bond acceptors (Lipinski definition) is 2. The average molecular weight is 267 g/mol. The van der Waals surface area contributed by atoms with Crippen molar-refractivity contribution in [3.05, 3.63) is 65.2 Å². The van der Waals surface area contributed by atoms with Crippen LogP contribution in [0.1, 0.15) is 42.1 Å². The van der Waals surface area contributed by atoms with Gasteiger partial charge in [0.05, 0.1) is 7.11 Å². The van der Waals surface area contributed by atoms with E-state index in [1.807, 2.05) is 0 Å². The molecule has 0 radical (unpaired) electrons. The number of ether oxygens (including phenoxy) is 1. The predicted octanol–water partition coefficient (Wildman–Crippen LogP) is 4.03. The maximum absolute atomic E-state index is 5.35. The fraction of sp³-hybridized carbons (Fsp3) is 0.333. The van der Waals surface area contributed by atoms with Crippen LogP contribution in [-0.4, -0.2) is 7.11 Å². The fourth-order valence-electron chi connectivity index (χ4n) is 3.02. The van der Waals surface area contributed by atoms with Crippen molar-refractivity contribution in [2.24, 2.45) is 0 Å². The van der Waals surface area contributed by atoms with E-state index in [2.05, 4.69) is 60.8 Å². The van der Waals surface area contributed by atoms with Gasteiger partial charge in [-0.05, 0) is 48.6 Å². The quantitative estimate of drug-likeness (QED) is 0.903. The Morgan fingerprint density at radius 2 is 1.95 bits per heavy atom. The minimum atomic E-state index is 0.360. The zero-order valence-electron chi connectivity index (χ0n) is 12.1. The highest BCUT2D eigenvalue weighted by atomic mass is 16.5. The number of nitrogens with one attached hydrogen (secondary N) is 1.